The van der Waals surface area contributed by atoms with Crippen molar-refractivity contribution in [1.82, 2.24) is 5.32 Å². The van der Waals surface area contributed by atoms with E-state index in [9.17, 15) is 0 Å². The number of ether oxygens (including phenoxy) is 1. The summed E-state index contributed by atoms with van der Waals surface area (Å²) in [6.45, 7) is 14.6. The standard InChI is InChI=1S/C18H29NO/c1-12(2)15(13(3)4)11-19-17-14-9-7-8-10-16(14)20-18(17,5)6/h7-10,12-13,15,17,19H,11H2,1-6H3. The van der Waals surface area contributed by atoms with Crippen molar-refractivity contribution in [2.24, 2.45) is 17.8 Å². The van der Waals surface area contributed by atoms with Crippen molar-refractivity contribution in [2.45, 2.75) is 53.2 Å². The third kappa shape index (κ3) is 3.01. The van der Waals surface area contributed by atoms with E-state index in [0.717, 1.165) is 12.3 Å². The van der Waals surface area contributed by atoms with E-state index in [1.54, 1.807) is 0 Å². The second-order valence-corrected chi connectivity index (χ2v) is 7.24. The highest BCUT2D eigenvalue weighted by Crippen LogP contribution is 2.42. The molecule has 1 atom stereocenters. The van der Waals surface area contributed by atoms with Crippen LogP contribution in [0.4, 0.5) is 0 Å². The number of rotatable bonds is 5. The van der Waals surface area contributed by atoms with E-state index in [1.165, 1.54) is 5.56 Å². The van der Waals surface area contributed by atoms with Crippen LogP contribution in [0.1, 0.15) is 53.1 Å². The third-order valence-corrected chi connectivity index (χ3v) is 4.57. The first kappa shape index (κ1) is 15.4. The lowest BCUT2D eigenvalue weighted by Gasteiger charge is -2.31. The molecular formula is C18H29NO. The summed E-state index contributed by atoms with van der Waals surface area (Å²) in [4.78, 5) is 0. The number of benzene rings is 1. The molecule has 112 valence electrons. The molecule has 2 rings (SSSR count). The molecule has 2 nitrogen and oxygen atoms in total. The molecule has 0 fully saturated rings. The summed E-state index contributed by atoms with van der Waals surface area (Å²) in [7, 11) is 0. The summed E-state index contributed by atoms with van der Waals surface area (Å²) < 4.78 is 6.10. The van der Waals surface area contributed by atoms with E-state index >= 15 is 0 Å². The first-order chi connectivity index (χ1) is 9.33. The van der Waals surface area contributed by atoms with Crippen LogP contribution in [0.5, 0.6) is 5.75 Å². The summed E-state index contributed by atoms with van der Waals surface area (Å²) in [5.41, 5.74) is 1.12. The average Bonchev–Trinajstić information content (AvgIpc) is 2.59. The fourth-order valence-electron chi connectivity index (χ4n) is 3.38. The fourth-order valence-corrected chi connectivity index (χ4v) is 3.38. The molecule has 0 spiro atoms. The van der Waals surface area contributed by atoms with Crippen LogP contribution < -0.4 is 10.1 Å². The SMILES string of the molecule is CC(C)C(CNC1c2ccccc2OC1(C)C)C(C)C. The predicted molar refractivity (Wildman–Crippen MR) is 85.1 cm³/mol. The highest BCUT2D eigenvalue weighted by Gasteiger charge is 2.40. The van der Waals surface area contributed by atoms with Crippen molar-refractivity contribution >= 4 is 0 Å². The topological polar surface area (TPSA) is 21.3 Å². The van der Waals surface area contributed by atoms with Gasteiger partial charge < -0.3 is 10.1 Å². The monoisotopic (exact) mass is 275 g/mol. The van der Waals surface area contributed by atoms with Gasteiger partial charge in [-0.1, -0.05) is 45.9 Å². The number of para-hydroxylation sites is 1. The summed E-state index contributed by atoms with van der Waals surface area (Å²) in [6, 6.07) is 8.67. The molecule has 2 heteroatoms. The van der Waals surface area contributed by atoms with Crippen LogP contribution in [0.3, 0.4) is 0 Å². The molecule has 1 aromatic carbocycles. The van der Waals surface area contributed by atoms with Crippen molar-refractivity contribution < 1.29 is 4.74 Å². The smallest absolute Gasteiger partial charge is 0.125 e. The predicted octanol–water partition coefficient (Wildman–Crippen LogP) is 4.42. The maximum atomic E-state index is 6.10. The molecule has 0 radical (unpaired) electrons. The van der Waals surface area contributed by atoms with Crippen molar-refractivity contribution in [3.63, 3.8) is 0 Å². The minimum Gasteiger partial charge on any atom is -0.486 e. The van der Waals surface area contributed by atoms with E-state index < -0.39 is 0 Å². The van der Waals surface area contributed by atoms with Crippen LogP contribution in [0, 0.1) is 17.8 Å². The lowest BCUT2D eigenvalue weighted by Crippen LogP contribution is -2.42. The second kappa shape index (κ2) is 5.77. The summed E-state index contributed by atoms with van der Waals surface area (Å²) in [5.74, 6) is 3.12. The molecule has 0 saturated carbocycles. The van der Waals surface area contributed by atoms with Gasteiger partial charge >= 0.3 is 0 Å². The zero-order chi connectivity index (χ0) is 14.9. The van der Waals surface area contributed by atoms with Crippen LogP contribution in [0.25, 0.3) is 0 Å². The highest BCUT2D eigenvalue weighted by molar-refractivity contribution is 5.42. The number of hydrogen-bond acceptors (Lipinski definition) is 2. The number of hydrogen-bond donors (Lipinski definition) is 1. The number of nitrogens with one attached hydrogen (secondary N) is 1. The lowest BCUT2D eigenvalue weighted by molar-refractivity contribution is 0.0910. The molecule has 1 aliphatic heterocycles. The Bertz CT molecular complexity index is 442. The zero-order valence-electron chi connectivity index (χ0n) is 13.7. The van der Waals surface area contributed by atoms with Crippen molar-refractivity contribution in [2.75, 3.05) is 6.54 Å². The van der Waals surface area contributed by atoms with Crippen molar-refractivity contribution in [3.05, 3.63) is 29.8 Å². The Morgan fingerprint density at radius 2 is 1.70 bits per heavy atom. The lowest BCUT2D eigenvalue weighted by atomic mass is 9.84. The van der Waals surface area contributed by atoms with Gasteiger partial charge in [0.2, 0.25) is 0 Å². The van der Waals surface area contributed by atoms with Gasteiger partial charge in [0, 0.05) is 5.56 Å². The Kier molecular flexibility index (Phi) is 4.43. The Morgan fingerprint density at radius 3 is 2.30 bits per heavy atom. The van der Waals surface area contributed by atoms with Gasteiger partial charge in [0.1, 0.15) is 11.4 Å². The maximum Gasteiger partial charge on any atom is 0.125 e. The molecule has 1 unspecified atom stereocenters. The molecule has 1 aromatic rings. The molecular weight excluding hydrogens is 246 g/mol. The van der Waals surface area contributed by atoms with Gasteiger partial charge in [0.05, 0.1) is 6.04 Å². The maximum absolute atomic E-state index is 6.10. The van der Waals surface area contributed by atoms with Gasteiger partial charge in [-0.05, 0) is 44.2 Å². The van der Waals surface area contributed by atoms with Crippen molar-refractivity contribution in [1.29, 1.82) is 0 Å². The van der Waals surface area contributed by atoms with E-state index in [1.807, 2.05) is 6.07 Å². The normalized spacial score (nSPS) is 20.6. The molecule has 1 aliphatic rings. The summed E-state index contributed by atoms with van der Waals surface area (Å²) >= 11 is 0. The molecule has 1 heterocycles. The summed E-state index contributed by atoms with van der Waals surface area (Å²) in [6.07, 6.45) is 0. The highest BCUT2D eigenvalue weighted by atomic mass is 16.5. The number of fused-ring (bicyclic) bond motifs is 1. The van der Waals surface area contributed by atoms with Gasteiger partial charge in [-0.25, -0.2) is 0 Å². The van der Waals surface area contributed by atoms with Crippen LogP contribution in [0.15, 0.2) is 24.3 Å². The third-order valence-electron chi connectivity index (χ3n) is 4.57. The van der Waals surface area contributed by atoms with E-state index in [4.69, 9.17) is 4.74 Å². The molecule has 20 heavy (non-hydrogen) atoms. The quantitative estimate of drug-likeness (QED) is 0.859. The van der Waals surface area contributed by atoms with Crippen LogP contribution >= 0.6 is 0 Å². The Balaban J connectivity index is 2.12. The second-order valence-electron chi connectivity index (χ2n) is 7.24. The molecule has 1 N–H and O–H groups in total. The summed E-state index contributed by atoms with van der Waals surface area (Å²) in [5, 5.41) is 3.77. The van der Waals surface area contributed by atoms with Gasteiger partial charge in [-0.15, -0.1) is 0 Å². The van der Waals surface area contributed by atoms with E-state index in [-0.39, 0.29) is 11.6 Å². The van der Waals surface area contributed by atoms with Gasteiger partial charge in [-0.3, -0.25) is 0 Å². The fraction of sp³-hybridized carbons (Fsp3) is 0.667. The van der Waals surface area contributed by atoms with Crippen LogP contribution in [-0.2, 0) is 0 Å². The van der Waals surface area contributed by atoms with Gasteiger partial charge in [0.15, 0.2) is 0 Å². The van der Waals surface area contributed by atoms with Gasteiger partial charge in [-0.2, -0.15) is 0 Å². The van der Waals surface area contributed by atoms with E-state index in [2.05, 4.69) is 65.1 Å². The molecule has 0 amide bonds. The average molecular weight is 275 g/mol. The Morgan fingerprint density at radius 1 is 1.10 bits per heavy atom. The molecule has 0 aromatic heterocycles. The van der Waals surface area contributed by atoms with Crippen LogP contribution in [-0.4, -0.2) is 12.1 Å². The van der Waals surface area contributed by atoms with Crippen LogP contribution in [0.2, 0.25) is 0 Å². The van der Waals surface area contributed by atoms with E-state index in [0.29, 0.717) is 17.8 Å². The zero-order valence-corrected chi connectivity index (χ0v) is 13.7. The first-order valence-corrected chi connectivity index (χ1v) is 7.84. The largest absolute Gasteiger partial charge is 0.486 e. The molecule has 0 bridgehead atoms. The minimum absolute atomic E-state index is 0.178. The molecule has 0 saturated heterocycles. The Hall–Kier alpha value is -1.02. The van der Waals surface area contributed by atoms with Gasteiger partial charge in [0.25, 0.3) is 0 Å². The Labute approximate surface area is 123 Å². The minimum atomic E-state index is -0.178. The molecule has 0 aliphatic carbocycles. The van der Waals surface area contributed by atoms with Crippen molar-refractivity contribution in [3.8, 4) is 5.75 Å². The first-order valence-electron chi connectivity index (χ1n) is 7.84.